The normalized spacial score (nSPS) is 22.1. The van der Waals surface area contributed by atoms with Gasteiger partial charge in [0, 0.05) is 25.9 Å². The largest absolute Gasteiger partial charge is 0.347 e. The fourth-order valence-electron chi connectivity index (χ4n) is 2.71. The minimum absolute atomic E-state index is 0.0935. The summed E-state index contributed by atoms with van der Waals surface area (Å²) in [6, 6.07) is 0. The number of aryl methyl sites for hydroxylation is 2. The van der Waals surface area contributed by atoms with Gasteiger partial charge in [0.05, 0.1) is 23.9 Å². The van der Waals surface area contributed by atoms with E-state index in [1.807, 2.05) is 18.7 Å². The molecule has 1 aromatic rings. The molecule has 0 radical (unpaired) electrons. The molecule has 0 unspecified atom stereocenters. The third-order valence-electron chi connectivity index (χ3n) is 3.72. The number of hydrogen-bond donors (Lipinski definition) is 0. The van der Waals surface area contributed by atoms with Gasteiger partial charge in [-0.3, -0.25) is 4.79 Å². The van der Waals surface area contributed by atoms with Crippen LogP contribution >= 0.6 is 11.3 Å². The Morgan fingerprint density at radius 3 is 2.42 bits per heavy atom. The lowest BCUT2D eigenvalue weighted by Gasteiger charge is -2.37. The third-order valence-corrected chi connectivity index (χ3v) is 4.78. The lowest BCUT2D eigenvalue weighted by Crippen LogP contribution is -2.47. The van der Waals surface area contributed by atoms with Crippen LogP contribution in [0.2, 0.25) is 0 Å². The average Bonchev–Trinajstić information content (AvgIpc) is 2.97. The Balaban J connectivity index is 1.68. The van der Waals surface area contributed by atoms with Gasteiger partial charge in [-0.1, -0.05) is 0 Å². The van der Waals surface area contributed by atoms with E-state index in [4.69, 9.17) is 9.47 Å². The molecule has 3 rings (SSSR count). The Kier molecular flexibility index (Phi) is 3.32. The molecule has 2 saturated heterocycles. The standard InChI is InChI=1S/C13H18N2O3S/c1-9-11(19-10(2)14-9)12(16)15-5-3-13(4-6-15)17-7-8-18-13/h3-8H2,1-2H3. The molecule has 19 heavy (non-hydrogen) atoms. The van der Waals surface area contributed by atoms with Gasteiger partial charge in [-0.05, 0) is 13.8 Å². The van der Waals surface area contributed by atoms with Crippen molar-refractivity contribution >= 4 is 17.2 Å². The van der Waals surface area contributed by atoms with Gasteiger partial charge < -0.3 is 14.4 Å². The molecule has 104 valence electrons. The Hall–Kier alpha value is -0.980. The first-order valence-corrected chi connectivity index (χ1v) is 7.42. The van der Waals surface area contributed by atoms with Crippen molar-refractivity contribution in [2.75, 3.05) is 26.3 Å². The SMILES string of the molecule is Cc1nc(C)c(C(=O)N2CCC3(CC2)OCCO3)s1. The van der Waals surface area contributed by atoms with Gasteiger partial charge in [0.1, 0.15) is 4.88 Å². The van der Waals surface area contributed by atoms with Crippen molar-refractivity contribution in [1.29, 1.82) is 0 Å². The molecule has 1 amide bonds. The van der Waals surface area contributed by atoms with Crippen molar-refractivity contribution in [2.45, 2.75) is 32.5 Å². The van der Waals surface area contributed by atoms with E-state index in [1.165, 1.54) is 11.3 Å². The summed E-state index contributed by atoms with van der Waals surface area (Å²) >= 11 is 1.48. The Morgan fingerprint density at radius 2 is 1.89 bits per heavy atom. The molecule has 0 aromatic carbocycles. The lowest BCUT2D eigenvalue weighted by atomic mass is 10.0. The van der Waals surface area contributed by atoms with Crippen molar-refractivity contribution < 1.29 is 14.3 Å². The van der Waals surface area contributed by atoms with Crippen molar-refractivity contribution in [3.05, 3.63) is 15.6 Å². The molecule has 0 bridgehead atoms. The van der Waals surface area contributed by atoms with Gasteiger partial charge in [-0.15, -0.1) is 11.3 Å². The van der Waals surface area contributed by atoms with Gasteiger partial charge in [-0.25, -0.2) is 4.98 Å². The van der Waals surface area contributed by atoms with E-state index in [9.17, 15) is 4.79 Å². The third kappa shape index (κ3) is 2.40. The van der Waals surface area contributed by atoms with Crippen LogP contribution in [0.25, 0.3) is 0 Å². The number of amides is 1. The number of hydrogen-bond acceptors (Lipinski definition) is 5. The Bertz CT molecular complexity index is 484. The molecule has 0 atom stereocenters. The van der Waals surface area contributed by atoms with Crippen LogP contribution in [0, 0.1) is 13.8 Å². The summed E-state index contributed by atoms with van der Waals surface area (Å²) in [6.07, 6.45) is 1.52. The molecule has 1 spiro atoms. The second kappa shape index (κ2) is 4.85. The van der Waals surface area contributed by atoms with E-state index in [2.05, 4.69) is 4.98 Å². The van der Waals surface area contributed by atoms with Crippen molar-refractivity contribution in [3.63, 3.8) is 0 Å². The van der Waals surface area contributed by atoms with E-state index < -0.39 is 5.79 Å². The smallest absolute Gasteiger partial charge is 0.265 e. The van der Waals surface area contributed by atoms with Gasteiger partial charge in [0.2, 0.25) is 0 Å². The quantitative estimate of drug-likeness (QED) is 0.787. The number of rotatable bonds is 1. The van der Waals surface area contributed by atoms with Gasteiger partial charge >= 0.3 is 0 Å². The van der Waals surface area contributed by atoms with E-state index in [0.717, 1.165) is 28.4 Å². The first-order chi connectivity index (χ1) is 9.10. The number of carbonyl (C=O) groups is 1. The second-order valence-corrected chi connectivity index (χ2v) is 6.25. The van der Waals surface area contributed by atoms with Crippen LogP contribution in [0.5, 0.6) is 0 Å². The van der Waals surface area contributed by atoms with E-state index in [0.29, 0.717) is 26.3 Å². The predicted octanol–water partition coefficient (Wildman–Crippen LogP) is 1.74. The highest BCUT2D eigenvalue weighted by Gasteiger charge is 2.41. The van der Waals surface area contributed by atoms with Crippen LogP contribution in [0.3, 0.4) is 0 Å². The molecule has 1 aromatic heterocycles. The predicted molar refractivity (Wildman–Crippen MR) is 71.4 cm³/mol. The first-order valence-electron chi connectivity index (χ1n) is 6.61. The molecule has 6 heteroatoms. The van der Waals surface area contributed by atoms with E-state index >= 15 is 0 Å². The van der Waals surface area contributed by atoms with E-state index in [-0.39, 0.29) is 5.91 Å². The number of likely N-dealkylation sites (tertiary alicyclic amines) is 1. The summed E-state index contributed by atoms with van der Waals surface area (Å²) in [7, 11) is 0. The topological polar surface area (TPSA) is 51.7 Å². The maximum atomic E-state index is 12.5. The van der Waals surface area contributed by atoms with Crippen LogP contribution in [0.15, 0.2) is 0 Å². The summed E-state index contributed by atoms with van der Waals surface area (Å²) < 4.78 is 11.3. The fraction of sp³-hybridized carbons (Fsp3) is 0.692. The van der Waals surface area contributed by atoms with Crippen molar-refractivity contribution in [1.82, 2.24) is 9.88 Å². The number of nitrogens with zero attached hydrogens (tertiary/aromatic N) is 2. The molecule has 0 N–H and O–H groups in total. The summed E-state index contributed by atoms with van der Waals surface area (Å²) in [6.45, 7) is 6.54. The van der Waals surface area contributed by atoms with Crippen LogP contribution in [-0.4, -0.2) is 47.9 Å². The van der Waals surface area contributed by atoms with Gasteiger partial charge in [0.15, 0.2) is 5.79 Å². The molecule has 0 saturated carbocycles. The van der Waals surface area contributed by atoms with Crippen molar-refractivity contribution in [2.24, 2.45) is 0 Å². The zero-order chi connectivity index (χ0) is 13.5. The summed E-state index contributed by atoms with van der Waals surface area (Å²) in [5, 5.41) is 0.941. The molecule has 0 aliphatic carbocycles. The Morgan fingerprint density at radius 1 is 1.26 bits per heavy atom. The summed E-state index contributed by atoms with van der Waals surface area (Å²) in [4.78, 5) is 19.4. The minimum atomic E-state index is -0.421. The van der Waals surface area contributed by atoms with Crippen molar-refractivity contribution in [3.8, 4) is 0 Å². The summed E-state index contributed by atoms with van der Waals surface area (Å²) in [5.74, 6) is -0.328. The van der Waals surface area contributed by atoms with E-state index in [1.54, 1.807) is 0 Å². The first kappa shape index (κ1) is 13.0. The highest BCUT2D eigenvalue weighted by molar-refractivity contribution is 7.13. The molecule has 2 fully saturated rings. The molecule has 2 aliphatic heterocycles. The number of ether oxygens (including phenoxy) is 2. The average molecular weight is 282 g/mol. The van der Waals surface area contributed by atoms with Gasteiger partial charge in [-0.2, -0.15) is 0 Å². The number of thiazole rings is 1. The second-order valence-electron chi connectivity index (χ2n) is 5.05. The van der Waals surface area contributed by atoms with Crippen LogP contribution in [-0.2, 0) is 9.47 Å². The molecular weight excluding hydrogens is 264 g/mol. The number of aromatic nitrogens is 1. The van der Waals surface area contributed by atoms with Crippen LogP contribution < -0.4 is 0 Å². The van der Waals surface area contributed by atoms with Crippen LogP contribution in [0.4, 0.5) is 0 Å². The Labute approximate surface area is 116 Å². The maximum Gasteiger partial charge on any atom is 0.265 e. The maximum absolute atomic E-state index is 12.5. The van der Waals surface area contributed by atoms with Crippen LogP contribution in [0.1, 0.15) is 33.2 Å². The zero-order valence-electron chi connectivity index (χ0n) is 11.3. The highest BCUT2D eigenvalue weighted by atomic mass is 32.1. The monoisotopic (exact) mass is 282 g/mol. The number of piperidine rings is 1. The van der Waals surface area contributed by atoms with Gasteiger partial charge in [0.25, 0.3) is 5.91 Å². The summed E-state index contributed by atoms with van der Waals surface area (Å²) in [5.41, 5.74) is 0.834. The lowest BCUT2D eigenvalue weighted by molar-refractivity contribution is -0.181. The molecule has 5 nitrogen and oxygen atoms in total. The minimum Gasteiger partial charge on any atom is -0.347 e. The highest BCUT2D eigenvalue weighted by Crippen LogP contribution is 2.32. The number of carbonyl (C=O) groups excluding carboxylic acids is 1. The fourth-order valence-corrected chi connectivity index (χ4v) is 3.60. The molecule has 3 heterocycles. The molecule has 2 aliphatic rings. The zero-order valence-corrected chi connectivity index (χ0v) is 12.1. The molecular formula is C13H18N2O3S.